The van der Waals surface area contributed by atoms with E-state index in [1.54, 1.807) is 0 Å². The number of hydrogen-bond acceptors (Lipinski definition) is 3. The second-order valence-electron chi connectivity index (χ2n) is 2.11. The SMILES string of the molecule is Oc1ccc(SOC(F)(F)F)cc1. The van der Waals surface area contributed by atoms with Crippen LogP contribution in [0.2, 0.25) is 0 Å². The minimum atomic E-state index is -4.65. The van der Waals surface area contributed by atoms with Gasteiger partial charge in [-0.05, 0) is 24.3 Å². The number of halogens is 3. The van der Waals surface area contributed by atoms with Crippen molar-refractivity contribution in [3.63, 3.8) is 0 Å². The second kappa shape index (κ2) is 3.89. The fraction of sp³-hybridized carbons (Fsp3) is 0.143. The molecule has 1 N–H and O–H groups in total. The predicted molar refractivity (Wildman–Crippen MR) is 41.1 cm³/mol. The summed E-state index contributed by atoms with van der Waals surface area (Å²) in [6.07, 6.45) is -4.65. The van der Waals surface area contributed by atoms with Crippen molar-refractivity contribution in [2.45, 2.75) is 11.3 Å². The van der Waals surface area contributed by atoms with Gasteiger partial charge in [-0.1, -0.05) is 0 Å². The van der Waals surface area contributed by atoms with Crippen LogP contribution in [0, 0.1) is 0 Å². The van der Waals surface area contributed by atoms with Crippen molar-refractivity contribution < 1.29 is 22.5 Å². The van der Waals surface area contributed by atoms with E-state index in [4.69, 9.17) is 5.11 Å². The Hall–Kier alpha value is -0.880. The quantitative estimate of drug-likeness (QED) is 0.761. The number of aromatic hydroxyl groups is 1. The zero-order valence-electron chi connectivity index (χ0n) is 6.21. The van der Waals surface area contributed by atoms with Crippen molar-refractivity contribution in [2.75, 3.05) is 0 Å². The minimum Gasteiger partial charge on any atom is -0.508 e. The van der Waals surface area contributed by atoms with Gasteiger partial charge in [0, 0.05) is 16.9 Å². The molecule has 0 aromatic heterocycles. The van der Waals surface area contributed by atoms with Crippen LogP contribution in [0.25, 0.3) is 0 Å². The van der Waals surface area contributed by atoms with Crippen LogP contribution >= 0.6 is 12.0 Å². The normalized spacial score (nSPS) is 11.6. The molecule has 6 heteroatoms. The maximum Gasteiger partial charge on any atom is 0.533 e. The molecule has 1 rings (SSSR count). The summed E-state index contributed by atoms with van der Waals surface area (Å²) in [4.78, 5) is 0.273. The summed E-state index contributed by atoms with van der Waals surface area (Å²) in [5.41, 5.74) is 0. The highest BCUT2D eigenvalue weighted by Crippen LogP contribution is 2.29. The first-order valence-corrected chi connectivity index (χ1v) is 3.93. The third kappa shape index (κ3) is 4.05. The third-order valence-electron chi connectivity index (χ3n) is 1.07. The molecule has 0 radical (unpaired) electrons. The molecule has 0 heterocycles. The first-order chi connectivity index (χ1) is 5.97. The molecule has 13 heavy (non-hydrogen) atoms. The van der Waals surface area contributed by atoms with Crippen molar-refractivity contribution in [1.82, 2.24) is 0 Å². The molecule has 72 valence electrons. The number of alkyl halides is 3. The molecule has 0 atom stereocenters. The van der Waals surface area contributed by atoms with Gasteiger partial charge in [0.25, 0.3) is 0 Å². The Labute approximate surface area is 76.5 Å². The van der Waals surface area contributed by atoms with E-state index in [9.17, 15) is 13.2 Å². The fourth-order valence-electron chi connectivity index (χ4n) is 0.597. The Morgan fingerprint density at radius 2 is 1.69 bits per heavy atom. The highest BCUT2D eigenvalue weighted by atomic mass is 32.2. The van der Waals surface area contributed by atoms with E-state index >= 15 is 0 Å². The molecule has 2 nitrogen and oxygen atoms in total. The molecular weight excluding hydrogens is 205 g/mol. The molecule has 0 aliphatic rings. The maximum absolute atomic E-state index is 11.5. The van der Waals surface area contributed by atoms with E-state index in [1.807, 2.05) is 0 Å². The van der Waals surface area contributed by atoms with Crippen LogP contribution in [-0.4, -0.2) is 11.5 Å². The summed E-state index contributed by atoms with van der Waals surface area (Å²) in [6.45, 7) is 0. The van der Waals surface area contributed by atoms with E-state index in [0.29, 0.717) is 0 Å². The Balaban J connectivity index is 2.51. The number of phenolic OH excluding ortho intramolecular Hbond substituents is 1. The molecule has 0 aliphatic carbocycles. The lowest BCUT2D eigenvalue weighted by Crippen LogP contribution is -2.07. The lowest BCUT2D eigenvalue weighted by Gasteiger charge is -2.04. The highest BCUT2D eigenvalue weighted by molar-refractivity contribution is 7.94. The molecular formula is C7H5F3O2S. The fourth-order valence-corrected chi connectivity index (χ4v) is 1.03. The lowest BCUT2D eigenvalue weighted by atomic mass is 10.3. The van der Waals surface area contributed by atoms with Crippen molar-refractivity contribution in [1.29, 1.82) is 0 Å². The summed E-state index contributed by atoms with van der Waals surface area (Å²) >= 11 is 0.200. The zero-order valence-corrected chi connectivity index (χ0v) is 7.02. The molecule has 0 aliphatic heterocycles. The molecule has 0 saturated heterocycles. The molecule has 0 unspecified atom stereocenters. The van der Waals surface area contributed by atoms with Crippen LogP contribution in [0.5, 0.6) is 5.75 Å². The van der Waals surface area contributed by atoms with Crippen molar-refractivity contribution in [3.8, 4) is 5.75 Å². The maximum atomic E-state index is 11.5. The molecule has 1 aromatic carbocycles. The largest absolute Gasteiger partial charge is 0.533 e. The van der Waals surface area contributed by atoms with E-state index < -0.39 is 6.36 Å². The zero-order chi connectivity index (χ0) is 9.90. The molecule has 0 spiro atoms. The van der Waals surface area contributed by atoms with Crippen molar-refractivity contribution in [2.24, 2.45) is 0 Å². The van der Waals surface area contributed by atoms with Gasteiger partial charge in [-0.25, -0.2) is 4.18 Å². The van der Waals surface area contributed by atoms with Crippen LogP contribution in [0.3, 0.4) is 0 Å². The predicted octanol–water partition coefficient (Wildman–Crippen LogP) is 2.94. The van der Waals surface area contributed by atoms with Crippen LogP contribution < -0.4 is 0 Å². The molecule has 0 saturated carbocycles. The van der Waals surface area contributed by atoms with Gasteiger partial charge in [-0.15, -0.1) is 13.2 Å². The highest BCUT2D eigenvalue weighted by Gasteiger charge is 2.30. The van der Waals surface area contributed by atoms with E-state index in [-0.39, 0.29) is 22.7 Å². The summed E-state index contributed by atoms with van der Waals surface area (Å²) in [5, 5.41) is 8.81. The number of hydrogen-bond donors (Lipinski definition) is 1. The Morgan fingerprint density at radius 1 is 1.15 bits per heavy atom. The van der Waals surface area contributed by atoms with Crippen LogP contribution in [0.15, 0.2) is 29.2 Å². The van der Waals surface area contributed by atoms with Gasteiger partial charge >= 0.3 is 6.36 Å². The van der Waals surface area contributed by atoms with Gasteiger partial charge in [-0.3, -0.25) is 0 Å². The molecule has 0 amide bonds. The molecule has 0 bridgehead atoms. The number of rotatable bonds is 2. The van der Waals surface area contributed by atoms with Gasteiger partial charge in [0.2, 0.25) is 0 Å². The first-order valence-electron chi connectivity index (χ1n) is 3.19. The van der Waals surface area contributed by atoms with Crippen LogP contribution in [-0.2, 0) is 4.18 Å². The topological polar surface area (TPSA) is 29.5 Å². The van der Waals surface area contributed by atoms with Crippen LogP contribution in [0.1, 0.15) is 0 Å². The van der Waals surface area contributed by atoms with E-state index in [1.165, 1.54) is 24.3 Å². The van der Waals surface area contributed by atoms with Gasteiger partial charge < -0.3 is 5.11 Å². The van der Waals surface area contributed by atoms with E-state index in [2.05, 4.69) is 4.18 Å². The Bertz CT molecular complexity index is 270. The smallest absolute Gasteiger partial charge is 0.508 e. The second-order valence-corrected chi connectivity index (χ2v) is 2.91. The molecule has 0 fully saturated rings. The monoisotopic (exact) mass is 210 g/mol. The Kier molecular flexibility index (Phi) is 3.05. The van der Waals surface area contributed by atoms with Gasteiger partial charge in [0.15, 0.2) is 0 Å². The summed E-state index contributed by atoms with van der Waals surface area (Å²) in [7, 11) is 0. The first kappa shape index (κ1) is 10.2. The van der Waals surface area contributed by atoms with Crippen LogP contribution in [0.4, 0.5) is 13.2 Å². The van der Waals surface area contributed by atoms with Gasteiger partial charge in [0.05, 0.1) is 0 Å². The summed E-state index contributed by atoms with van der Waals surface area (Å²) in [5.74, 6) is -0.00337. The lowest BCUT2D eigenvalue weighted by molar-refractivity contribution is -0.266. The average Bonchev–Trinajstić information content (AvgIpc) is 2.02. The average molecular weight is 210 g/mol. The third-order valence-corrected chi connectivity index (χ3v) is 1.81. The van der Waals surface area contributed by atoms with Gasteiger partial charge in [0.1, 0.15) is 5.75 Å². The minimum absolute atomic E-state index is 0.00337. The van der Waals surface area contributed by atoms with Gasteiger partial charge in [-0.2, -0.15) is 0 Å². The van der Waals surface area contributed by atoms with Crippen molar-refractivity contribution in [3.05, 3.63) is 24.3 Å². The summed E-state index contributed by atoms with van der Waals surface area (Å²) in [6, 6.07) is 5.21. The number of phenols is 1. The molecule has 1 aromatic rings. The van der Waals surface area contributed by atoms with E-state index in [0.717, 1.165) is 0 Å². The van der Waals surface area contributed by atoms with Crippen molar-refractivity contribution >= 4 is 12.0 Å². The number of benzene rings is 1. The standard InChI is InChI=1S/C7H5F3O2S/c8-7(9,10)12-13-6-3-1-5(11)2-4-6/h1-4,11H. The Morgan fingerprint density at radius 3 is 2.15 bits per heavy atom. The summed E-state index contributed by atoms with van der Waals surface area (Å²) < 4.78 is 38.1.